The van der Waals surface area contributed by atoms with Gasteiger partial charge in [-0.25, -0.2) is 8.42 Å². The molecule has 2 unspecified atom stereocenters. The third-order valence-electron chi connectivity index (χ3n) is 5.73. The van der Waals surface area contributed by atoms with Crippen LogP contribution in [0.1, 0.15) is 11.1 Å². The van der Waals surface area contributed by atoms with Crippen molar-refractivity contribution < 1.29 is 22.7 Å². The molecule has 0 aliphatic carbocycles. The largest absolute Gasteiger partial charge is 0.497 e. The molecule has 0 aromatic heterocycles. The van der Waals surface area contributed by atoms with Gasteiger partial charge in [0.15, 0.2) is 15.0 Å². The molecule has 0 radical (unpaired) electrons. The normalized spacial score (nSPS) is 22.7. The zero-order chi connectivity index (χ0) is 22.7. The van der Waals surface area contributed by atoms with E-state index in [4.69, 9.17) is 9.47 Å². The van der Waals surface area contributed by atoms with Crippen molar-refractivity contribution in [3.63, 3.8) is 0 Å². The first-order valence-electron chi connectivity index (χ1n) is 10.4. The highest BCUT2D eigenvalue weighted by molar-refractivity contribution is 8.15. The highest BCUT2D eigenvalue weighted by Gasteiger charge is 2.48. The Hall–Kier alpha value is -2.52. The van der Waals surface area contributed by atoms with Gasteiger partial charge in [-0.05, 0) is 30.2 Å². The summed E-state index contributed by atoms with van der Waals surface area (Å²) in [6, 6.07) is 15.0. The molecule has 0 bridgehead atoms. The van der Waals surface area contributed by atoms with Gasteiger partial charge in [0, 0.05) is 17.4 Å². The second kappa shape index (κ2) is 9.54. The van der Waals surface area contributed by atoms with E-state index >= 15 is 0 Å². The molecule has 9 heteroatoms. The van der Waals surface area contributed by atoms with Gasteiger partial charge in [0.25, 0.3) is 5.91 Å². The Balaban J connectivity index is 1.51. The summed E-state index contributed by atoms with van der Waals surface area (Å²) in [5.41, 5.74) is 1.89. The topological polar surface area (TPSA) is 85.3 Å². The number of ether oxygens (including phenoxy) is 2. The van der Waals surface area contributed by atoms with E-state index in [0.717, 1.165) is 16.9 Å². The number of rotatable bonds is 7. The predicted molar refractivity (Wildman–Crippen MR) is 126 cm³/mol. The van der Waals surface area contributed by atoms with E-state index in [2.05, 4.69) is 4.99 Å². The number of methoxy groups -OCH3 is 2. The maximum atomic E-state index is 12.8. The average Bonchev–Trinajstić information content (AvgIpc) is 3.23. The molecule has 2 aromatic rings. The highest BCUT2D eigenvalue weighted by atomic mass is 32.2. The standard InChI is InChI=1S/C23H26N2O5S2/c1-29-18-9-7-16(8-10-18)11-12-25-19-14-32(27,28)15-21(19)31-23(25)24-22(26)13-17-5-3-4-6-20(17)30-2/h3-10,19,21H,11-15H2,1-2H3. The number of benzene rings is 2. The van der Waals surface area contributed by atoms with Crippen molar-refractivity contribution in [1.29, 1.82) is 0 Å². The average molecular weight is 475 g/mol. The lowest BCUT2D eigenvalue weighted by Crippen LogP contribution is -2.39. The molecule has 2 aromatic carbocycles. The molecule has 2 aliphatic rings. The van der Waals surface area contributed by atoms with Crippen LogP contribution in [0.25, 0.3) is 0 Å². The number of para-hydroxylation sites is 1. The minimum Gasteiger partial charge on any atom is -0.497 e. The van der Waals surface area contributed by atoms with E-state index in [1.807, 2.05) is 53.4 Å². The minimum absolute atomic E-state index is 0.0892. The number of fused-ring (bicyclic) bond motifs is 1. The van der Waals surface area contributed by atoms with Crippen LogP contribution in [-0.4, -0.2) is 68.0 Å². The summed E-state index contributed by atoms with van der Waals surface area (Å²) in [7, 11) is 0.126. The van der Waals surface area contributed by atoms with Crippen LogP contribution >= 0.6 is 11.8 Å². The first-order valence-corrected chi connectivity index (χ1v) is 13.1. The molecule has 170 valence electrons. The van der Waals surface area contributed by atoms with Gasteiger partial charge in [-0.2, -0.15) is 4.99 Å². The zero-order valence-corrected chi connectivity index (χ0v) is 19.7. The summed E-state index contributed by atoms with van der Waals surface area (Å²) in [5, 5.41) is 0.525. The van der Waals surface area contributed by atoms with Crippen molar-refractivity contribution >= 4 is 32.7 Å². The zero-order valence-electron chi connectivity index (χ0n) is 18.1. The molecule has 2 fully saturated rings. The summed E-state index contributed by atoms with van der Waals surface area (Å²) in [6.45, 7) is 0.594. The number of carbonyl (C=O) groups excluding carboxylic acids is 1. The van der Waals surface area contributed by atoms with Gasteiger partial charge >= 0.3 is 0 Å². The second-order valence-corrected chi connectivity index (χ2v) is 11.2. The van der Waals surface area contributed by atoms with Crippen LogP contribution in [0.4, 0.5) is 0 Å². The highest BCUT2D eigenvalue weighted by Crippen LogP contribution is 2.38. The number of amidine groups is 1. The Morgan fingerprint density at radius 3 is 2.56 bits per heavy atom. The Labute approximate surface area is 192 Å². The maximum absolute atomic E-state index is 12.8. The summed E-state index contributed by atoms with van der Waals surface area (Å²) in [4.78, 5) is 19.2. The van der Waals surface area contributed by atoms with Gasteiger partial charge in [0.1, 0.15) is 11.5 Å². The fourth-order valence-electron chi connectivity index (χ4n) is 4.10. The van der Waals surface area contributed by atoms with Crippen LogP contribution in [0.15, 0.2) is 53.5 Å². The smallest absolute Gasteiger partial charge is 0.252 e. The van der Waals surface area contributed by atoms with E-state index in [1.165, 1.54) is 11.8 Å². The first kappa shape index (κ1) is 22.7. The fraction of sp³-hybridized carbons (Fsp3) is 0.391. The number of amides is 1. The molecular formula is C23H26N2O5S2. The molecule has 4 rings (SSSR count). The lowest BCUT2D eigenvalue weighted by Gasteiger charge is -2.24. The number of thioether (sulfide) groups is 1. The van der Waals surface area contributed by atoms with Crippen molar-refractivity contribution in [2.45, 2.75) is 24.1 Å². The molecule has 2 aliphatic heterocycles. The van der Waals surface area contributed by atoms with Crippen LogP contribution in [0.2, 0.25) is 0 Å². The molecule has 2 saturated heterocycles. The minimum atomic E-state index is -3.08. The number of carbonyl (C=O) groups is 1. The second-order valence-electron chi connectivity index (χ2n) is 7.87. The molecule has 0 spiro atoms. The Kier molecular flexibility index (Phi) is 6.76. The van der Waals surface area contributed by atoms with Gasteiger partial charge in [-0.3, -0.25) is 4.79 Å². The Morgan fingerprint density at radius 1 is 1.09 bits per heavy atom. The first-order chi connectivity index (χ1) is 15.4. The number of nitrogens with zero attached hydrogens (tertiary/aromatic N) is 2. The van der Waals surface area contributed by atoms with Crippen molar-refractivity contribution in [3.8, 4) is 11.5 Å². The molecule has 32 heavy (non-hydrogen) atoms. The fourth-order valence-corrected chi connectivity index (χ4v) is 8.09. The van der Waals surface area contributed by atoms with Crippen LogP contribution in [-0.2, 0) is 27.5 Å². The molecule has 7 nitrogen and oxygen atoms in total. The molecule has 1 amide bonds. The number of sulfone groups is 1. The van der Waals surface area contributed by atoms with Crippen molar-refractivity contribution in [1.82, 2.24) is 4.90 Å². The molecule has 2 atom stereocenters. The number of hydrogen-bond donors (Lipinski definition) is 0. The monoisotopic (exact) mass is 474 g/mol. The van der Waals surface area contributed by atoms with Crippen LogP contribution in [0, 0.1) is 0 Å². The van der Waals surface area contributed by atoms with Crippen LogP contribution < -0.4 is 9.47 Å². The van der Waals surface area contributed by atoms with E-state index < -0.39 is 9.84 Å². The van der Waals surface area contributed by atoms with Gasteiger partial charge in [-0.15, -0.1) is 0 Å². The summed E-state index contributed by atoms with van der Waals surface area (Å²) in [5.74, 6) is 1.40. The van der Waals surface area contributed by atoms with Crippen LogP contribution in [0.5, 0.6) is 11.5 Å². The summed E-state index contributed by atoms with van der Waals surface area (Å²) < 4.78 is 34.9. The van der Waals surface area contributed by atoms with E-state index in [-0.39, 0.29) is 35.1 Å². The molecular weight excluding hydrogens is 448 g/mol. The predicted octanol–water partition coefficient (Wildman–Crippen LogP) is 2.59. The SMILES string of the molecule is COc1ccc(CCN2C(=NC(=O)Cc3ccccc3OC)SC3CS(=O)(=O)CC32)cc1. The number of hydrogen-bond acceptors (Lipinski definition) is 6. The molecule has 2 heterocycles. The van der Waals surface area contributed by atoms with Crippen LogP contribution in [0.3, 0.4) is 0 Å². The van der Waals surface area contributed by atoms with E-state index in [1.54, 1.807) is 14.2 Å². The number of aliphatic imine (C=N–C) groups is 1. The summed E-state index contributed by atoms with van der Waals surface area (Å²) in [6.07, 6.45) is 0.849. The Bertz CT molecular complexity index is 1120. The molecule has 0 saturated carbocycles. The lowest BCUT2D eigenvalue weighted by molar-refractivity contribution is -0.117. The van der Waals surface area contributed by atoms with Gasteiger partial charge in [-0.1, -0.05) is 42.1 Å². The quantitative estimate of drug-likeness (QED) is 0.610. The van der Waals surface area contributed by atoms with E-state index in [9.17, 15) is 13.2 Å². The molecule has 0 N–H and O–H groups in total. The van der Waals surface area contributed by atoms with Crippen molar-refractivity contribution in [3.05, 3.63) is 59.7 Å². The lowest BCUT2D eigenvalue weighted by atomic mass is 10.1. The third kappa shape index (κ3) is 5.10. The third-order valence-corrected chi connectivity index (χ3v) is 8.98. The maximum Gasteiger partial charge on any atom is 0.252 e. The van der Waals surface area contributed by atoms with Crippen molar-refractivity contribution in [2.75, 3.05) is 32.3 Å². The summed E-state index contributed by atoms with van der Waals surface area (Å²) >= 11 is 1.41. The van der Waals surface area contributed by atoms with Crippen molar-refractivity contribution in [2.24, 2.45) is 4.99 Å². The Morgan fingerprint density at radius 2 is 1.84 bits per heavy atom. The van der Waals surface area contributed by atoms with Gasteiger partial charge in [0.2, 0.25) is 0 Å². The van der Waals surface area contributed by atoms with Gasteiger partial charge < -0.3 is 14.4 Å². The van der Waals surface area contributed by atoms with E-state index in [0.29, 0.717) is 23.9 Å². The van der Waals surface area contributed by atoms with Gasteiger partial charge in [0.05, 0.1) is 38.2 Å².